The number of esters is 1. The van der Waals surface area contributed by atoms with Crippen LogP contribution in [-0.2, 0) is 19.1 Å². The van der Waals surface area contributed by atoms with Crippen LogP contribution in [0.25, 0.3) is 0 Å². The number of hydrogen-bond acceptors (Lipinski definition) is 5. The molecular formula is C19H31NO6. The lowest BCUT2D eigenvalue weighted by molar-refractivity contribution is -0.873. The molecule has 0 aromatic heterocycles. The van der Waals surface area contributed by atoms with Gasteiger partial charge < -0.3 is 24.2 Å². The number of likely N-dealkylation sites (N-methyl/N-ethyl adjacent to an activating group) is 1. The Hall–Kier alpha value is -2.15. The van der Waals surface area contributed by atoms with E-state index in [2.05, 4.69) is 0 Å². The first-order valence-electron chi connectivity index (χ1n) is 8.84. The normalized spacial score (nSPS) is 13.2. The van der Waals surface area contributed by atoms with Gasteiger partial charge >= 0.3 is 11.9 Å². The van der Waals surface area contributed by atoms with E-state index in [0.717, 1.165) is 25.3 Å². The number of allylic oxidation sites excluding steroid dienone is 3. The molecule has 0 rings (SSSR count). The minimum atomic E-state index is -1.22. The molecule has 0 saturated heterocycles. The SMILES string of the molecule is C[N+](C)(C)CC(CC(=O)[O-])OC(=O)CCCCC/C=C/C/C=C/C(=O)O. The van der Waals surface area contributed by atoms with Crippen molar-refractivity contribution in [3.8, 4) is 0 Å². The minimum absolute atomic E-state index is 0.270. The van der Waals surface area contributed by atoms with Crippen molar-refractivity contribution < 1.29 is 33.8 Å². The Morgan fingerprint density at radius 1 is 1.08 bits per heavy atom. The van der Waals surface area contributed by atoms with Crippen LogP contribution in [0.15, 0.2) is 24.3 Å². The quantitative estimate of drug-likeness (QED) is 0.163. The van der Waals surface area contributed by atoms with Crippen molar-refractivity contribution in [2.45, 2.75) is 51.0 Å². The van der Waals surface area contributed by atoms with Crippen LogP contribution in [0.3, 0.4) is 0 Å². The number of carbonyl (C=O) groups excluding carboxylic acids is 2. The molecule has 0 amide bonds. The highest BCUT2D eigenvalue weighted by atomic mass is 16.5. The van der Waals surface area contributed by atoms with Crippen LogP contribution in [0.2, 0.25) is 0 Å². The summed E-state index contributed by atoms with van der Waals surface area (Å²) in [6.07, 6.45) is 9.83. The van der Waals surface area contributed by atoms with Gasteiger partial charge in [0.2, 0.25) is 0 Å². The van der Waals surface area contributed by atoms with E-state index >= 15 is 0 Å². The Balaban J connectivity index is 3.93. The van der Waals surface area contributed by atoms with Gasteiger partial charge in [0.15, 0.2) is 6.10 Å². The van der Waals surface area contributed by atoms with Crippen molar-refractivity contribution in [3.63, 3.8) is 0 Å². The summed E-state index contributed by atoms with van der Waals surface area (Å²) in [7, 11) is 5.71. The zero-order chi connectivity index (χ0) is 20.0. The first-order chi connectivity index (χ1) is 12.1. The Morgan fingerprint density at radius 3 is 2.35 bits per heavy atom. The molecule has 0 spiro atoms. The summed E-state index contributed by atoms with van der Waals surface area (Å²) in [4.78, 5) is 32.9. The van der Waals surface area contributed by atoms with Gasteiger partial charge in [-0.1, -0.05) is 24.6 Å². The van der Waals surface area contributed by atoms with Crippen molar-refractivity contribution in [1.82, 2.24) is 0 Å². The number of unbranched alkanes of at least 4 members (excludes halogenated alkanes) is 3. The Morgan fingerprint density at radius 2 is 1.77 bits per heavy atom. The summed E-state index contributed by atoms with van der Waals surface area (Å²) in [5.41, 5.74) is 0. The Kier molecular flexibility index (Phi) is 12.0. The average molecular weight is 369 g/mol. The topological polar surface area (TPSA) is 104 Å². The van der Waals surface area contributed by atoms with Crippen LogP contribution in [0.1, 0.15) is 44.9 Å². The van der Waals surface area contributed by atoms with Crippen molar-refractivity contribution in [2.75, 3.05) is 27.7 Å². The average Bonchev–Trinajstić information content (AvgIpc) is 2.46. The maximum absolute atomic E-state index is 11.9. The Labute approximate surface area is 155 Å². The molecule has 1 atom stereocenters. The molecule has 0 heterocycles. The van der Waals surface area contributed by atoms with Crippen molar-refractivity contribution >= 4 is 17.9 Å². The summed E-state index contributed by atoms with van der Waals surface area (Å²) in [6, 6.07) is 0. The fourth-order valence-corrected chi connectivity index (χ4v) is 2.35. The lowest BCUT2D eigenvalue weighted by atomic mass is 10.1. The van der Waals surface area contributed by atoms with Crippen LogP contribution in [0, 0.1) is 0 Å². The molecule has 0 aromatic carbocycles. The second-order valence-corrected chi connectivity index (χ2v) is 7.21. The Bertz CT molecular complexity index is 505. The number of ether oxygens (including phenoxy) is 1. The highest BCUT2D eigenvalue weighted by Crippen LogP contribution is 2.09. The molecule has 0 aliphatic carbocycles. The first kappa shape index (κ1) is 23.9. The molecule has 1 unspecified atom stereocenters. The number of quaternary nitrogens is 1. The fourth-order valence-electron chi connectivity index (χ4n) is 2.35. The van der Waals surface area contributed by atoms with E-state index in [0.29, 0.717) is 23.9 Å². The van der Waals surface area contributed by atoms with Crippen LogP contribution in [0.4, 0.5) is 0 Å². The number of aliphatic carboxylic acids is 2. The standard InChI is InChI=1S/C19H31NO6/c1-20(2,3)15-16(14-18(23)24)26-19(25)13-11-9-7-5-4-6-8-10-12-17(21)22/h4,6,10,12,16H,5,7-9,11,13-15H2,1-3H3,(H-,21,22,23,24)/b6-4+,12-10+. The third-order valence-corrected chi connectivity index (χ3v) is 3.39. The monoisotopic (exact) mass is 369 g/mol. The minimum Gasteiger partial charge on any atom is -0.550 e. The third kappa shape index (κ3) is 16.7. The zero-order valence-corrected chi connectivity index (χ0v) is 16.0. The van der Waals surface area contributed by atoms with Gasteiger partial charge in [-0.15, -0.1) is 0 Å². The molecule has 0 radical (unpaired) electrons. The van der Waals surface area contributed by atoms with Crippen molar-refractivity contribution in [2.24, 2.45) is 0 Å². The zero-order valence-electron chi connectivity index (χ0n) is 16.0. The number of carboxylic acid groups (broad SMARTS) is 2. The number of hydrogen-bond donors (Lipinski definition) is 1. The summed E-state index contributed by atoms with van der Waals surface area (Å²) in [6.45, 7) is 0.417. The molecule has 0 aromatic rings. The van der Waals surface area contributed by atoms with E-state index < -0.39 is 18.0 Å². The summed E-state index contributed by atoms with van der Waals surface area (Å²) < 4.78 is 5.78. The number of carboxylic acids is 2. The number of nitrogens with zero attached hydrogens (tertiary/aromatic N) is 1. The largest absolute Gasteiger partial charge is 0.550 e. The van der Waals surface area contributed by atoms with Crippen LogP contribution < -0.4 is 5.11 Å². The second kappa shape index (κ2) is 13.1. The van der Waals surface area contributed by atoms with Gasteiger partial charge in [-0.25, -0.2) is 4.79 Å². The molecule has 148 valence electrons. The molecule has 26 heavy (non-hydrogen) atoms. The third-order valence-electron chi connectivity index (χ3n) is 3.39. The van der Waals surface area contributed by atoms with Crippen molar-refractivity contribution in [3.05, 3.63) is 24.3 Å². The van der Waals surface area contributed by atoms with E-state index in [1.165, 1.54) is 0 Å². The van der Waals surface area contributed by atoms with Crippen LogP contribution >= 0.6 is 0 Å². The smallest absolute Gasteiger partial charge is 0.327 e. The predicted molar refractivity (Wildman–Crippen MR) is 96.0 cm³/mol. The first-order valence-corrected chi connectivity index (χ1v) is 8.84. The van der Waals surface area contributed by atoms with Gasteiger partial charge in [0.25, 0.3) is 0 Å². The van der Waals surface area contributed by atoms with E-state index in [9.17, 15) is 19.5 Å². The summed E-state index contributed by atoms with van der Waals surface area (Å²) in [5.74, 6) is -2.55. The lowest BCUT2D eigenvalue weighted by Crippen LogP contribution is -2.45. The molecule has 1 N–H and O–H groups in total. The van der Waals surface area contributed by atoms with E-state index in [-0.39, 0.29) is 18.8 Å². The van der Waals surface area contributed by atoms with Crippen molar-refractivity contribution in [1.29, 1.82) is 0 Å². The highest BCUT2D eigenvalue weighted by Gasteiger charge is 2.22. The van der Waals surface area contributed by atoms with E-state index in [1.807, 2.05) is 33.3 Å². The van der Waals surface area contributed by atoms with Gasteiger partial charge in [-0.2, -0.15) is 0 Å². The summed E-state index contributed by atoms with van der Waals surface area (Å²) in [5, 5.41) is 19.2. The highest BCUT2D eigenvalue weighted by molar-refractivity contribution is 5.79. The van der Waals surface area contributed by atoms with Gasteiger partial charge in [0.1, 0.15) is 6.54 Å². The molecule has 0 saturated carbocycles. The van der Waals surface area contributed by atoms with E-state index in [4.69, 9.17) is 9.84 Å². The molecule has 0 fully saturated rings. The van der Waals surface area contributed by atoms with Gasteiger partial charge in [-0.05, 0) is 25.7 Å². The van der Waals surface area contributed by atoms with Gasteiger partial charge in [0.05, 0.1) is 21.1 Å². The number of rotatable bonds is 14. The van der Waals surface area contributed by atoms with Crippen LogP contribution in [-0.4, -0.2) is 61.3 Å². The molecule has 0 aliphatic heterocycles. The molecule has 7 nitrogen and oxygen atoms in total. The molecule has 0 aliphatic rings. The molecular weight excluding hydrogens is 338 g/mol. The van der Waals surface area contributed by atoms with Gasteiger partial charge in [-0.3, -0.25) is 4.79 Å². The molecule has 0 bridgehead atoms. The lowest BCUT2D eigenvalue weighted by Gasteiger charge is -2.29. The van der Waals surface area contributed by atoms with Gasteiger partial charge in [0, 0.05) is 24.9 Å². The molecule has 7 heteroatoms. The van der Waals surface area contributed by atoms with E-state index in [1.54, 1.807) is 6.08 Å². The maximum Gasteiger partial charge on any atom is 0.327 e. The van der Waals surface area contributed by atoms with Crippen LogP contribution in [0.5, 0.6) is 0 Å². The second-order valence-electron chi connectivity index (χ2n) is 7.21. The number of carbonyl (C=O) groups is 3. The predicted octanol–water partition coefficient (Wildman–Crippen LogP) is 1.28. The fraction of sp³-hybridized carbons (Fsp3) is 0.632. The summed E-state index contributed by atoms with van der Waals surface area (Å²) >= 11 is 0. The maximum atomic E-state index is 11.9.